The Morgan fingerprint density at radius 1 is 1.12 bits per heavy atom. The van der Waals surface area contributed by atoms with Gasteiger partial charge in [0.05, 0.1) is 7.11 Å². The summed E-state index contributed by atoms with van der Waals surface area (Å²) >= 11 is 0. The van der Waals surface area contributed by atoms with E-state index in [9.17, 15) is 9.59 Å². The van der Waals surface area contributed by atoms with Gasteiger partial charge in [-0.15, -0.1) is 0 Å². The van der Waals surface area contributed by atoms with Gasteiger partial charge >= 0.3 is 6.09 Å². The third kappa shape index (κ3) is 6.73. The van der Waals surface area contributed by atoms with Crippen LogP contribution >= 0.6 is 0 Å². The average molecular weight is 454 g/mol. The molecule has 2 N–H and O–H groups in total. The van der Waals surface area contributed by atoms with Crippen molar-refractivity contribution in [3.63, 3.8) is 0 Å². The van der Waals surface area contributed by atoms with Crippen LogP contribution < -0.4 is 10.1 Å². The van der Waals surface area contributed by atoms with E-state index in [1.807, 2.05) is 54.7 Å². The number of aromatic nitrogens is 1. The molecule has 0 radical (unpaired) electrons. The smallest absolute Gasteiger partial charge is 0.408 e. The minimum absolute atomic E-state index is 0.244. The third-order valence-corrected chi connectivity index (χ3v) is 4.98. The van der Waals surface area contributed by atoms with Crippen molar-refractivity contribution in [1.29, 1.82) is 0 Å². The van der Waals surface area contributed by atoms with Crippen molar-refractivity contribution in [3.05, 3.63) is 65.9 Å². The molecule has 8 heteroatoms. The summed E-state index contributed by atoms with van der Waals surface area (Å²) in [5.41, 5.74) is 2.15. The summed E-state index contributed by atoms with van der Waals surface area (Å²) in [5, 5.41) is 4.67. The second kappa shape index (κ2) is 10.4. The Hall–Kier alpha value is -3.52. The number of carbonyl (C=O) groups is 2. The first kappa shape index (κ1) is 24.1. The zero-order valence-electron chi connectivity index (χ0n) is 19.7. The molecule has 3 aromatic rings. The number of ether oxygens (including phenoxy) is 2. The number of fused-ring (bicyclic) bond motifs is 1. The molecule has 2 aromatic carbocycles. The van der Waals surface area contributed by atoms with Crippen LogP contribution in [-0.4, -0.2) is 47.8 Å². The van der Waals surface area contributed by atoms with Crippen molar-refractivity contribution < 1.29 is 23.9 Å². The molecule has 33 heavy (non-hydrogen) atoms. The number of hydrogen-bond acceptors (Lipinski definition) is 5. The number of alkyl carbamates (subject to hydrolysis) is 1. The molecule has 2 amide bonds. The number of carbonyl (C=O) groups excluding carboxylic acids is 2. The molecule has 0 saturated carbocycles. The first-order valence-electron chi connectivity index (χ1n) is 10.7. The summed E-state index contributed by atoms with van der Waals surface area (Å²) in [5.74, 6) is 0.318. The largest absolute Gasteiger partial charge is 0.489 e. The lowest BCUT2D eigenvalue weighted by molar-refractivity contribution is -0.171. The average Bonchev–Trinajstić information content (AvgIpc) is 3.17. The van der Waals surface area contributed by atoms with Gasteiger partial charge in [-0.3, -0.25) is 9.63 Å². The first-order valence-corrected chi connectivity index (χ1v) is 10.7. The maximum absolute atomic E-state index is 12.9. The summed E-state index contributed by atoms with van der Waals surface area (Å²) in [7, 11) is 2.89. The Morgan fingerprint density at radius 3 is 2.52 bits per heavy atom. The van der Waals surface area contributed by atoms with E-state index in [0.717, 1.165) is 27.1 Å². The summed E-state index contributed by atoms with van der Waals surface area (Å²) in [6.45, 7) is 5.75. The summed E-state index contributed by atoms with van der Waals surface area (Å²) in [6, 6.07) is 14.8. The van der Waals surface area contributed by atoms with Gasteiger partial charge in [-0.05, 0) is 50.1 Å². The molecule has 0 aliphatic heterocycles. The Morgan fingerprint density at radius 2 is 1.85 bits per heavy atom. The SMILES string of the molecule is CON(C)C(=O)C(Cc1c[nH]c2ccc(OCc3ccccc3)cc12)NC(=O)OC(C)(C)C. The van der Waals surface area contributed by atoms with Crippen LogP contribution in [0.25, 0.3) is 10.9 Å². The number of rotatable bonds is 8. The molecule has 1 aromatic heterocycles. The molecule has 1 atom stereocenters. The molecular weight excluding hydrogens is 422 g/mol. The number of nitrogens with zero attached hydrogens (tertiary/aromatic N) is 1. The van der Waals surface area contributed by atoms with Crippen molar-refractivity contribution in [2.45, 2.75) is 45.4 Å². The van der Waals surface area contributed by atoms with Gasteiger partial charge in [0, 0.05) is 30.6 Å². The van der Waals surface area contributed by atoms with E-state index in [2.05, 4.69) is 10.3 Å². The fourth-order valence-electron chi connectivity index (χ4n) is 3.34. The Kier molecular flexibility index (Phi) is 7.60. The molecule has 0 aliphatic carbocycles. The predicted molar refractivity (Wildman–Crippen MR) is 126 cm³/mol. The Bertz CT molecular complexity index is 1090. The fraction of sp³-hybridized carbons (Fsp3) is 0.360. The van der Waals surface area contributed by atoms with Crippen molar-refractivity contribution in [1.82, 2.24) is 15.4 Å². The van der Waals surface area contributed by atoms with Gasteiger partial charge in [-0.1, -0.05) is 30.3 Å². The van der Waals surface area contributed by atoms with E-state index in [4.69, 9.17) is 14.3 Å². The molecule has 0 aliphatic rings. The van der Waals surface area contributed by atoms with Crippen molar-refractivity contribution in [2.75, 3.05) is 14.2 Å². The molecule has 0 bridgehead atoms. The summed E-state index contributed by atoms with van der Waals surface area (Å²) < 4.78 is 11.3. The minimum atomic E-state index is -0.877. The Labute approximate surface area is 193 Å². The zero-order chi connectivity index (χ0) is 24.0. The second-order valence-corrected chi connectivity index (χ2v) is 8.72. The number of hydroxylamine groups is 2. The lowest BCUT2D eigenvalue weighted by Crippen LogP contribution is -2.49. The number of hydrogen-bond donors (Lipinski definition) is 2. The quantitative estimate of drug-likeness (QED) is 0.499. The van der Waals surface area contributed by atoms with Crippen LogP contribution in [0.2, 0.25) is 0 Å². The van der Waals surface area contributed by atoms with Gasteiger partial charge in [0.25, 0.3) is 5.91 Å². The van der Waals surface area contributed by atoms with Gasteiger partial charge in [0.2, 0.25) is 0 Å². The highest BCUT2D eigenvalue weighted by atomic mass is 16.7. The van der Waals surface area contributed by atoms with Crippen molar-refractivity contribution in [3.8, 4) is 5.75 Å². The number of likely N-dealkylation sites (N-methyl/N-ethyl adjacent to an activating group) is 1. The monoisotopic (exact) mass is 453 g/mol. The van der Waals surface area contributed by atoms with Crippen LogP contribution in [0, 0.1) is 0 Å². The standard InChI is InChI=1S/C25H31N3O5/c1-25(2,3)33-24(30)27-22(23(29)28(4)31-5)13-18-15-26-21-12-11-19(14-20(18)21)32-16-17-9-7-6-8-10-17/h6-12,14-15,22,26H,13,16H2,1-5H3,(H,27,30). The summed E-state index contributed by atoms with van der Waals surface area (Å²) in [6.07, 6.45) is 1.40. The highest BCUT2D eigenvalue weighted by molar-refractivity contribution is 5.88. The zero-order valence-corrected chi connectivity index (χ0v) is 19.7. The highest BCUT2D eigenvalue weighted by Crippen LogP contribution is 2.26. The molecule has 8 nitrogen and oxygen atoms in total. The van der Waals surface area contributed by atoms with Crippen LogP contribution in [0.4, 0.5) is 4.79 Å². The highest BCUT2D eigenvalue weighted by Gasteiger charge is 2.28. The number of benzene rings is 2. The maximum atomic E-state index is 12.9. The predicted octanol–water partition coefficient (Wildman–Crippen LogP) is 4.20. The molecule has 0 saturated heterocycles. The van der Waals surface area contributed by atoms with E-state index >= 15 is 0 Å². The molecule has 1 heterocycles. The van der Waals surface area contributed by atoms with E-state index in [1.165, 1.54) is 14.2 Å². The topological polar surface area (TPSA) is 92.9 Å². The van der Waals surface area contributed by atoms with Crippen LogP contribution in [0.1, 0.15) is 31.9 Å². The van der Waals surface area contributed by atoms with Crippen molar-refractivity contribution in [2.24, 2.45) is 0 Å². The van der Waals surface area contributed by atoms with Crippen LogP contribution in [0.5, 0.6) is 5.75 Å². The van der Waals surface area contributed by atoms with Crippen LogP contribution in [-0.2, 0) is 27.4 Å². The lowest BCUT2D eigenvalue weighted by Gasteiger charge is -2.25. The van der Waals surface area contributed by atoms with E-state index in [1.54, 1.807) is 20.8 Å². The summed E-state index contributed by atoms with van der Waals surface area (Å²) in [4.78, 5) is 33.5. The van der Waals surface area contributed by atoms with Gasteiger partial charge in [-0.25, -0.2) is 9.86 Å². The van der Waals surface area contributed by atoms with E-state index < -0.39 is 23.6 Å². The molecule has 0 spiro atoms. The Balaban J connectivity index is 1.80. The number of amides is 2. The normalized spacial score (nSPS) is 12.3. The van der Waals surface area contributed by atoms with Crippen LogP contribution in [0.15, 0.2) is 54.7 Å². The van der Waals surface area contributed by atoms with E-state index in [0.29, 0.717) is 12.4 Å². The number of H-pyrrole nitrogens is 1. The second-order valence-electron chi connectivity index (χ2n) is 8.72. The van der Waals surface area contributed by atoms with Gasteiger partial charge in [0.1, 0.15) is 24.0 Å². The maximum Gasteiger partial charge on any atom is 0.408 e. The van der Waals surface area contributed by atoms with E-state index in [-0.39, 0.29) is 6.42 Å². The number of nitrogens with one attached hydrogen (secondary N) is 2. The minimum Gasteiger partial charge on any atom is -0.489 e. The molecular formula is C25H31N3O5. The molecule has 3 rings (SSSR count). The lowest BCUT2D eigenvalue weighted by atomic mass is 10.0. The molecule has 1 unspecified atom stereocenters. The fourth-order valence-corrected chi connectivity index (χ4v) is 3.34. The van der Waals surface area contributed by atoms with Gasteiger partial charge in [-0.2, -0.15) is 0 Å². The van der Waals surface area contributed by atoms with Gasteiger partial charge < -0.3 is 19.8 Å². The molecule has 176 valence electrons. The van der Waals surface area contributed by atoms with Gasteiger partial charge in [0.15, 0.2) is 0 Å². The van der Waals surface area contributed by atoms with Crippen molar-refractivity contribution >= 4 is 22.9 Å². The third-order valence-electron chi connectivity index (χ3n) is 4.98. The molecule has 0 fully saturated rings. The van der Waals surface area contributed by atoms with Crippen LogP contribution in [0.3, 0.4) is 0 Å². The number of aromatic amines is 1. The first-order chi connectivity index (χ1) is 15.7.